The van der Waals surface area contributed by atoms with Gasteiger partial charge in [0.15, 0.2) is 0 Å². The molecule has 0 radical (unpaired) electrons. The van der Waals surface area contributed by atoms with Gasteiger partial charge in [-0.1, -0.05) is 18.2 Å². The lowest BCUT2D eigenvalue weighted by Crippen LogP contribution is -2.27. The topological polar surface area (TPSA) is 49.3 Å². The second-order valence-corrected chi connectivity index (χ2v) is 3.81. The van der Waals surface area contributed by atoms with Gasteiger partial charge in [0, 0.05) is 18.5 Å². The fraction of sp³-hybridized carbons (Fsp3) is 0.545. The van der Waals surface area contributed by atoms with E-state index in [4.69, 9.17) is 0 Å². The molecule has 0 aromatic heterocycles. The van der Waals surface area contributed by atoms with E-state index in [1.807, 2.05) is 13.0 Å². The molecule has 1 amide bonds. The number of carbonyl (C=O) groups excluding carboxylic acids is 1. The van der Waals surface area contributed by atoms with Crippen molar-refractivity contribution in [1.29, 1.82) is 0 Å². The fourth-order valence-corrected chi connectivity index (χ4v) is 1.83. The van der Waals surface area contributed by atoms with Crippen molar-refractivity contribution in [2.45, 2.75) is 32.8 Å². The molecule has 0 spiro atoms. The molecule has 3 heteroatoms. The molecule has 0 fully saturated rings. The van der Waals surface area contributed by atoms with Crippen LogP contribution in [-0.4, -0.2) is 17.1 Å². The predicted octanol–water partition coefficient (Wildman–Crippen LogP) is 1.35. The molecule has 0 saturated carbocycles. The number of aliphatic hydroxyl groups is 1. The minimum Gasteiger partial charge on any atom is -0.389 e. The zero-order valence-corrected chi connectivity index (χ0v) is 8.71. The summed E-state index contributed by atoms with van der Waals surface area (Å²) in [7, 11) is 0. The molecule has 14 heavy (non-hydrogen) atoms. The van der Waals surface area contributed by atoms with Gasteiger partial charge in [-0.25, -0.2) is 0 Å². The second-order valence-electron chi connectivity index (χ2n) is 3.81. The van der Waals surface area contributed by atoms with Crippen LogP contribution in [0.25, 0.3) is 0 Å². The van der Waals surface area contributed by atoms with Gasteiger partial charge in [0.25, 0.3) is 0 Å². The van der Waals surface area contributed by atoms with Crippen LogP contribution in [0.5, 0.6) is 0 Å². The molecule has 0 saturated heterocycles. The Hall–Kier alpha value is -1.09. The Labute approximate surface area is 84.5 Å². The van der Waals surface area contributed by atoms with Crippen molar-refractivity contribution in [2.24, 2.45) is 5.92 Å². The van der Waals surface area contributed by atoms with Crippen molar-refractivity contribution < 1.29 is 9.90 Å². The highest BCUT2D eigenvalue weighted by molar-refractivity contribution is 5.75. The predicted molar refractivity (Wildman–Crippen MR) is 55.4 cm³/mol. The van der Waals surface area contributed by atoms with E-state index in [0.29, 0.717) is 0 Å². The van der Waals surface area contributed by atoms with Crippen molar-refractivity contribution in [2.75, 3.05) is 0 Å². The summed E-state index contributed by atoms with van der Waals surface area (Å²) in [6.45, 7) is 7.27. The Morgan fingerprint density at radius 3 is 2.79 bits per heavy atom. The summed E-state index contributed by atoms with van der Waals surface area (Å²) in [5, 5.41) is 12.1. The summed E-state index contributed by atoms with van der Waals surface area (Å²) in [5.41, 5.74) is 1.82. The van der Waals surface area contributed by atoms with E-state index >= 15 is 0 Å². The van der Waals surface area contributed by atoms with Crippen molar-refractivity contribution in [3.8, 4) is 0 Å². The Balaban J connectivity index is 2.65. The minimum absolute atomic E-state index is 0.0890. The summed E-state index contributed by atoms with van der Waals surface area (Å²) in [4.78, 5) is 10.8. The molecular formula is C11H17NO2. The molecule has 0 bridgehead atoms. The third-order valence-corrected chi connectivity index (χ3v) is 2.51. The van der Waals surface area contributed by atoms with Crippen molar-refractivity contribution in [3.63, 3.8) is 0 Å². The van der Waals surface area contributed by atoms with Gasteiger partial charge in [0.05, 0.1) is 6.10 Å². The first kappa shape index (κ1) is 11.0. The van der Waals surface area contributed by atoms with Crippen LogP contribution in [-0.2, 0) is 4.79 Å². The molecule has 0 aliphatic heterocycles. The molecule has 0 aromatic carbocycles. The third kappa shape index (κ3) is 2.70. The Morgan fingerprint density at radius 1 is 1.64 bits per heavy atom. The van der Waals surface area contributed by atoms with Gasteiger partial charge in [-0.3, -0.25) is 4.79 Å². The number of hydrogen-bond donors (Lipinski definition) is 2. The minimum atomic E-state index is -0.337. The molecule has 0 aromatic rings. The van der Waals surface area contributed by atoms with Gasteiger partial charge in [0.1, 0.15) is 0 Å². The van der Waals surface area contributed by atoms with Crippen molar-refractivity contribution >= 4 is 5.91 Å². The van der Waals surface area contributed by atoms with Crippen molar-refractivity contribution in [1.82, 2.24) is 5.32 Å². The summed E-state index contributed by atoms with van der Waals surface area (Å²) in [6, 6.07) is 0. The van der Waals surface area contributed by atoms with Crippen LogP contribution in [0.4, 0.5) is 0 Å². The number of hydrogen-bond acceptors (Lipinski definition) is 2. The van der Waals surface area contributed by atoms with Gasteiger partial charge >= 0.3 is 0 Å². The molecule has 78 valence electrons. The van der Waals surface area contributed by atoms with Crippen LogP contribution in [0.3, 0.4) is 0 Å². The van der Waals surface area contributed by atoms with Crippen molar-refractivity contribution in [3.05, 3.63) is 23.9 Å². The number of rotatable bonds is 2. The zero-order chi connectivity index (χ0) is 10.7. The normalized spacial score (nSPS) is 26.6. The maximum absolute atomic E-state index is 10.8. The second kappa shape index (κ2) is 4.42. The van der Waals surface area contributed by atoms with E-state index in [1.54, 1.807) is 0 Å². The molecule has 2 unspecified atom stereocenters. The lowest BCUT2D eigenvalue weighted by molar-refractivity contribution is -0.118. The molecule has 2 N–H and O–H groups in total. The third-order valence-electron chi connectivity index (χ3n) is 2.51. The number of nitrogens with one attached hydrogen (secondary N) is 1. The summed E-state index contributed by atoms with van der Waals surface area (Å²) >= 11 is 0. The number of aliphatic hydroxyl groups excluding tert-OH is 1. The van der Waals surface area contributed by atoms with Crippen LogP contribution in [0, 0.1) is 5.92 Å². The monoisotopic (exact) mass is 195 g/mol. The number of amides is 1. The highest BCUT2D eigenvalue weighted by Crippen LogP contribution is 2.28. The quantitative estimate of drug-likeness (QED) is 0.653. The lowest BCUT2D eigenvalue weighted by atomic mass is 9.85. The van der Waals surface area contributed by atoms with Crippen LogP contribution in [0.2, 0.25) is 0 Å². The standard InChI is InChI=1S/C11H17NO2/c1-7-6-10(14)4-5-11(7)8(2)12-9(3)13/h6,10-11,14H,2,4-5H2,1,3H3,(H,12,13). The van der Waals surface area contributed by atoms with Gasteiger partial charge < -0.3 is 10.4 Å². The SMILES string of the molecule is C=C(NC(C)=O)C1CCC(O)C=C1C. The van der Waals surface area contributed by atoms with E-state index in [2.05, 4.69) is 11.9 Å². The van der Waals surface area contributed by atoms with Crippen LogP contribution in [0.15, 0.2) is 23.9 Å². The lowest BCUT2D eigenvalue weighted by Gasteiger charge is -2.26. The first-order chi connectivity index (χ1) is 6.50. The summed E-state index contributed by atoms with van der Waals surface area (Å²) < 4.78 is 0. The highest BCUT2D eigenvalue weighted by atomic mass is 16.3. The molecular weight excluding hydrogens is 178 g/mol. The Morgan fingerprint density at radius 2 is 2.29 bits per heavy atom. The average molecular weight is 195 g/mol. The van der Waals surface area contributed by atoms with E-state index in [9.17, 15) is 9.90 Å². The molecule has 0 heterocycles. The number of allylic oxidation sites excluding steroid dienone is 1. The largest absolute Gasteiger partial charge is 0.389 e. The smallest absolute Gasteiger partial charge is 0.220 e. The van der Waals surface area contributed by atoms with Gasteiger partial charge in [-0.2, -0.15) is 0 Å². The fourth-order valence-electron chi connectivity index (χ4n) is 1.83. The summed E-state index contributed by atoms with van der Waals surface area (Å²) in [6.07, 6.45) is 3.08. The van der Waals surface area contributed by atoms with Crippen LogP contribution < -0.4 is 5.32 Å². The molecule has 2 atom stereocenters. The summed E-state index contributed by atoms with van der Waals surface area (Å²) in [5.74, 6) is 0.0937. The van der Waals surface area contributed by atoms with Crippen LogP contribution >= 0.6 is 0 Å². The first-order valence-electron chi connectivity index (χ1n) is 4.83. The Bertz CT molecular complexity index is 281. The van der Waals surface area contributed by atoms with Crippen LogP contribution in [0.1, 0.15) is 26.7 Å². The van der Waals surface area contributed by atoms with E-state index in [0.717, 1.165) is 24.1 Å². The van der Waals surface area contributed by atoms with Gasteiger partial charge in [0.2, 0.25) is 5.91 Å². The van der Waals surface area contributed by atoms with E-state index < -0.39 is 0 Å². The maximum atomic E-state index is 10.8. The van der Waals surface area contributed by atoms with E-state index in [-0.39, 0.29) is 17.9 Å². The molecule has 1 aliphatic rings. The number of carbonyl (C=O) groups is 1. The van der Waals surface area contributed by atoms with E-state index in [1.165, 1.54) is 6.92 Å². The molecule has 3 nitrogen and oxygen atoms in total. The van der Waals surface area contributed by atoms with Gasteiger partial charge in [-0.15, -0.1) is 0 Å². The Kier molecular flexibility index (Phi) is 3.47. The maximum Gasteiger partial charge on any atom is 0.220 e. The van der Waals surface area contributed by atoms with Gasteiger partial charge in [-0.05, 0) is 19.8 Å². The average Bonchev–Trinajstić information content (AvgIpc) is 2.01. The molecule has 1 aliphatic carbocycles. The molecule has 1 rings (SSSR count). The first-order valence-corrected chi connectivity index (χ1v) is 4.83. The zero-order valence-electron chi connectivity index (χ0n) is 8.71. The highest BCUT2D eigenvalue weighted by Gasteiger charge is 2.21.